The minimum absolute atomic E-state index is 0.191. The van der Waals surface area contributed by atoms with Crippen LogP contribution in [0.15, 0.2) is 40.9 Å². The minimum atomic E-state index is -3.57. The molecule has 0 saturated heterocycles. The third kappa shape index (κ3) is 4.89. The van der Waals surface area contributed by atoms with Crippen LogP contribution in [0.5, 0.6) is 0 Å². The Morgan fingerprint density at radius 3 is 2.65 bits per heavy atom. The number of benzene rings is 1. The highest BCUT2D eigenvalue weighted by atomic mass is 32.2. The molecule has 2 N–H and O–H groups in total. The monoisotopic (exact) mass is 441 g/mol. The number of anilines is 1. The Bertz CT molecular complexity index is 1330. The van der Waals surface area contributed by atoms with E-state index in [4.69, 9.17) is 4.52 Å². The largest absolute Gasteiger partial charge is 0.369 e. The second kappa shape index (κ2) is 8.44. The van der Waals surface area contributed by atoms with Crippen molar-refractivity contribution in [2.45, 2.75) is 26.5 Å². The van der Waals surface area contributed by atoms with Gasteiger partial charge in [-0.05, 0) is 39.0 Å². The van der Waals surface area contributed by atoms with Crippen molar-refractivity contribution < 1.29 is 12.9 Å². The third-order valence-electron chi connectivity index (χ3n) is 4.58. The number of hydrogen-bond acceptors (Lipinski definition) is 8. The molecule has 0 radical (unpaired) electrons. The van der Waals surface area contributed by atoms with Crippen molar-refractivity contribution in [3.8, 4) is 5.82 Å². The number of aryl methyl sites for hydroxylation is 3. The predicted molar refractivity (Wildman–Crippen MR) is 116 cm³/mol. The Balaban J connectivity index is 1.36. The molecule has 4 rings (SSSR count). The summed E-state index contributed by atoms with van der Waals surface area (Å²) in [4.78, 5) is 8.80. The van der Waals surface area contributed by atoms with Crippen LogP contribution in [0.2, 0.25) is 0 Å². The van der Waals surface area contributed by atoms with Crippen LogP contribution in [0.4, 0.5) is 5.82 Å². The van der Waals surface area contributed by atoms with Crippen LogP contribution in [0.25, 0.3) is 16.8 Å². The number of sulfonamides is 1. The molecule has 1 aromatic carbocycles. The summed E-state index contributed by atoms with van der Waals surface area (Å²) in [5.74, 6) is 1.58. The standard InChI is InChI=1S/C20H23N7O3S/c1-13-10-14(2)27(25-13)20-11-19(23-15(3)24-20)21-8-9-22-31(28,29)12-17-16-6-4-5-7-18(16)30-26-17/h4-7,10-11,22H,8-9,12H2,1-3H3,(H,21,23,24). The summed E-state index contributed by atoms with van der Waals surface area (Å²) >= 11 is 0. The Morgan fingerprint density at radius 1 is 1.06 bits per heavy atom. The molecular weight excluding hydrogens is 418 g/mol. The van der Waals surface area contributed by atoms with E-state index in [0.29, 0.717) is 40.7 Å². The van der Waals surface area contributed by atoms with Crippen molar-refractivity contribution in [2.24, 2.45) is 0 Å². The Kier molecular flexibility index (Phi) is 5.70. The lowest BCUT2D eigenvalue weighted by molar-refractivity contribution is 0.448. The molecule has 0 bridgehead atoms. The van der Waals surface area contributed by atoms with Crippen LogP contribution in [0.3, 0.4) is 0 Å². The van der Waals surface area contributed by atoms with Gasteiger partial charge >= 0.3 is 0 Å². The maximum absolute atomic E-state index is 12.4. The minimum Gasteiger partial charge on any atom is -0.369 e. The van der Waals surface area contributed by atoms with Crippen LogP contribution in [0, 0.1) is 20.8 Å². The van der Waals surface area contributed by atoms with Gasteiger partial charge in [0.05, 0.1) is 5.69 Å². The van der Waals surface area contributed by atoms with Crippen molar-refractivity contribution >= 4 is 26.8 Å². The summed E-state index contributed by atoms with van der Waals surface area (Å²) in [5.41, 5.74) is 2.82. The first-order valence-electron chi connectivity index (χ1n) is 9.74. The molecule has 0 atom stereocenters. The molecule has 10 nitrogen and oxygen atoms in total. The summed E-state index contributed by atoms with van der Waals surface area (Å²) in [6, 6.07) is 10.9. The molecule has 31 heavy (non-hydrogen) atoms. The van der Waals surface area contributed by atoms with Gasteiger partial charge in [0, 0.05) is 30.2 Å². The summed E-state index contributed by atoms with van der Waals surface area (Å²) in [6.45, 7) is 6.22. The summed E-state index contributed by atoms with van der Waals surface area (Å²) in [7, 11) is -3.57. The van der Waals surface area contributed by atoms with Crippen molar-refractivity contribution in [3.05, 3.63) is 59.3 Å². The zero-order chi connectivity index (χ0) is 22.0. The molecule has 0 spiro atoms. The highest BCUT2D eigenvalue weighted by Gasteiger charge is 2.17. The number of fused-ring (bicyclic) bond motifs is 1. The lowest BCUT2D eigenvalue weighted by atomic mass is 10.2. The average molecular weight is 442 g/mol. The van der Waals surface area contributed by atoms with E-state index in [2.05, 4.69) is 30.3 Å². The van der Waals surface area contributed by atoms with E-state index in [-0.39, 0.29) is 12.3 Å². The lowest BCUT2D eigenvalue weighted by Crippen LogP contribution is -2.30. The molecule has 0 aliphatic heterocycles. The summed E-state index contributed by atoms with van der Waals surface area (Å²) in [5, 5.41) is 12.1. The van der Waals surface area contributed by atoms with Gasteiger partial charge in [-0.25, -0.2) is 27.8 Å². The van der Waals surface area contributed by atoms with Gasteiger partial charge in [-0.2, -0.15) is 5.10 Å². The SMILES string of the molecule is Cc1cc(C)n(-c2cc(NCCNS(=O)(=O)Cc3noc4ccccc34)nc(C)n2)n1. The van der Waals surface area contributed by atoms with E-state index in [1.807, 2.05) is 32.0 Å². The van der Waals surface area contributed by atoms with Gasteiger partial charge in [-0.3, -0.25) is 0 Å². The maximum Gasteiger partial charge on any atom is 0.217 e. The molecule has 0 unspecified atom stereocenters. The van der Waals surface area contributed by atoms with E-state index < -0.39 is 10.0 Å². The van der Waals surface area contributed by atoms with Gasteiger partial charge in [0.1, 0.15) is 23.1 Å². The quantitative estimate of drug-likeness (QED) is 0.399. The molecule has 0 aliphatic rings. The fourth-order valence-corrected chi connectivity index (χ4v) is 4.37. The summed E-state index contributed by atoms with van der Waals surface area (Å²) < 4.78 is 34.4. The zero-order valence-corrected chi connectivity index (χ0v) is 18.3. The lowest BCUT2D eigenvalue weighted by Gasteiger charge is -2.10. The molecule has 3 aromatic heterocycles. The molecule has 11 heteroatoms. The van der Waals surface area contributed by atoms with Crippen LogP contribution in [0.1, 0.15) is 22.9 Å². The van der Waals surface area contributed by atoms with Crippen molar-refractivity contribution in [1.82, 2.24) is 29.6 Å². The Labute approximate surface area is 179 Å². The molecule has 0 aliphatic carbocycles. The molecule has 4 aromatic rings. The van der Waals surface area contributed by atoms with Crippen LogP contribution < -0.4 is 10.0 Å². The topological polar surface area (TPSA) is 128 Å². The summed E-state index contributed by atoms with van der Waals surface area (Å²) in [6.07, 6.45) is 0. The van der Waals surface area contributed by atoms with Crippen LogP contribution in [-0.2, 0) is 15.8 Å². The number of nitrogens with one attached hydrogen (secondary N) is 2. The van der Waals surface area contributed by atoms with Gasteiger partial charge in [0.15, 0.2) is 11.4 Å². The zero-order valence-electron chi connectivity index (χ0n) is 17.5. The first-order chi connectivity index (χ1) is 14.8. The molecular formula is C20H23N7O3S. The number of hydrogen-bond donors (Lipinski definition) is 2. The molecule has 0 saturated carbocycles. The molecule has 3 heterocycles. The van der Waals surface area contributed by atoms with Crippen LogP contribution >= 0.6 is 0 Å². The Hall–Kier alpha value is -3.31. The van der Waals surface area contributed by atoms with Gasteiger partial charge in [0.2, 0.25) is 10.0 Å². The highest BCUT2D eigenvalue weighted by Crippen LogP contribution is 2.19. The second-order valence-electron chi connectivity index (χ2n) is 7.20. The fraction of sp³-hybridized carbons (Fsp3) is 0.300. The highest BCUT2D eigenvalue weighted by molar-refractivity contribution is 7.88. The van der Waals surface area contributed by atoms with E-state index in [1.54, 1.807) is 29.8 Å². The Morgan fingerprint density at radius 2 is 1.87 bits per heavy atom. The normalized spacial score (nSPS) is 11.8. The van der Waals surface area contributed by atoms with Gasteiger partial charge < -0.3 is 9.84 Å². The van der Waals surface area contributed by atoms with Crippen molar-refractivity contribution in [1.29, 1.82) is 0 Å². The molecule has 162 valence electrons. The van der Waals surface area contributed by atoms with E-state index in [9.17, 15) is 8.42 Å². The third-order valence-corrected chi connectivity index (χ3v) is 5.88. The van der Waals surface area contributed by atoms with Gasteiger partial charge in [-0.15, -0.1) is 0 Å². The number of para-hydroxylation sites is 1. The number of rotatable bonds is 8. The van der Waals surface area contributed by atoms with E-state index in [0.717, 1.165) is 11.4 Å². The second-order valence-corrected chi connectivity index (χ2v) is 9.01. The van der Waals surface area contributed by atoms with Crippen molar-refractivity contribution in [2.75, 3.05) is 18.4 Å². The van der Waals surface area contributed by atoms with Gasteiger partial charge in [-0.1, -0.05) is 17.3 Å². The van der Waals surface area contributed by atoms with Gasteiger partial charge in [0.25, 0.3) is 0 Å². The number of aromatic nitrogens is 5. The average Bonchev–Trinajstić information content (AvgIpc) is 3.27. The predicted octanol–water partition coefficient (Wildman–Crippen LogP) is 2.26. The number of nitrogens with zero attached hydrogens (tertiary/aromatic N) is 5. The fourth-order valence-electron chi connectivity index (χ4n) is 3.28. The maximum atomic E-state index is 12.4. The molecule has 0 amide bonds. The van der Waals surface area contributed by atoms with E-state index in [1.165, 1.54) is 0 Å². The smallest absolute Gasteiger partial charge is 0.217 e. The molecule has 0 fully saturated rings. The van der Waals surface area contributed by atoms with Crippen LogP contribution in [-0.4, -0.2) is 46.4 Å². The van der Waals surface area contributed by atoms with Crippen molar-refractivity contribution in [3.63, 3.8) is 0 Å². The van der Waals surface area contributed by atoms with E-state index >= 15 is 0 Å². The first kappa shape index (κ1) is 20.9. The first-order valence-corrected chi connectivity index (χ1v) is 11.4.